The highest BCUT2D eigenvalue weighted by Crippen LogP contribution is 2.85. The van der Waals surface area contributed by atoms with Crippen LogP contribution in [0.4, 0.5) is 0 Å². The SMILES string of the molecule is C=C[C@@H]1CC23CC[C@@]1(C1(C)OC(C)O1)[C@@]2(C)CC[C@@H]1C2=C(CC[C@H]13)CC(OC)=CC2. The Labute approximate surface area is 181 Å². The average Bonchev–Trinajstić information content (AvgIpc) is 3.14. The van der Waals surface area contributed by atoms with E-state index in [9.17, 15) is 0 Å². The van der Waals surface area contributed by atoms with Gasteiger partial charge in [-0.15, -0.1) is 6.58 Å². The van der Waals surface area contributed by atoms with E-state index >= 15 is 0 Å². The van der Waals surface area contributed by atoms with E-state index in [1.807, 2.05) is 14.0 Å². The third kappa shape index (κ3) is 1.97. The summed E-state index contributed by atoms with van der Waals surface area (Å²) in [7, 11) is 1.83. The number of rotatable bonds is 3. The maximum atomic E-state index is 6.42. The van der Waals surface area contributed by atoms with E-state index in [1.165, 1.54) is 50.7 Å². The second-order valence-electron chi connectivity index (χ2n) is 11.4. The monoisotopic (exact) mass is 410 g/mol. The lowest BCUT2D eigenvalue weighted by molar-refractivity contribution is -0.487. The zero-order chi connectivity index (χ0) is 20.9. The Hall–Kier alpha value is -1.06. The van der Waals surface area contributed by atoms with E-state index in [0.29, 0.717) is 11.3 Å². The van der Waals surface area contributed by atoms with Crippen molar-refractivity contribution in [2.45, 2.75) is 90.6 Å². The van der Waals surface area contributed by atoms with Crippen molar-refractivity contribution in [2.24, 2.45) is 34.0 Å². The molecule has 3 saturated carbocycles. The molecule has 2 bridgehead atoms. The smallest absolute Gasteiger partial charge is 0.178 e. The number of allylic oxidation sites excluding steroid dienone is 4. The molecule has 4 fully saturated rings. The van der Waals surface area contributed by atoms with Crippen LogP contribution in [0.5, 0.6) is 0 Å². The highest BCUT2D eigenvalue weighted by molar-refractivity contribution is 5.37. The molecule has 6 aliphatic rings. The van der Waals surface area contributed by atoms with Crippen LogP contribution >= 0.6 is 0 Å². The van der Waals surface area contributed by atoms with E-state index in [0.717, 1.165) is 24.7 Å². The first-order valence-corrected chi connectivity index (χ1v) is 12.3. The summed E-state index contributed by atoms with van der Waals surface area (Å²) in [6, 6.07) is 0. The lowest BCUT2D eigenvalue weighted by Crippen LogP contribution is -2.66. The van der Waals surface area contributed by atoms with Crippen LogP contribution < -0.4 is 0 Å². The van der Waals surface area contributed by atoms with Crippen molar-refractivity contribution in [1.82, 2.24) is 0 Å². The summed E-state index contributed by atoms with van der Waals surface area (Å²) in [6.45, 7) is 11.2. The number of methoxy groups -OCH3 is 1. The number of fused-ring (bicyclic) bond motifs is 2. The van der Waals surface area contributed by atoms with Gasteiger partial charge >= 0.3 is 0 Å². The van der Waals surface area contributed by atoms with Gasteiger partial charge in [0.1, 0.15) is 0 Å². The van der Waals surface area contributed by atoms with Crippen molar-refractivity contribution >= 4 is 0 Å². The summed E-state index contributed by atoms with van der Waals surface area (Å²) in [6.07, 6.45) is 15.8. The molecule has 3 nitrogen and oxygen atoms in total. The Bertz CT molecular complexity index is 848. The molecule has 30 heavy (non-hydrogen) atoms. The van der Waals surface area contributed by atoms with Crippen molar-refractivity contribution < 1.29 is 14.2 Å². The summed E-state index contributed by atoms with van der Waals surface area (Å²) >= 11 is 0. The minimum atomic E-state index is -0.453. The van der Waals surface area contributed by atoms with Crippen molar-refractivity contribution in [3.63, 3.8) is 0 Å². The van der Waals surface area contributed by atoms with Gasteiger partial charge in [-0.1, -0.05) is 24.1 Å². The second-order valence-corrected chi connectivity index (χ2v) is 11.4. The quantitative estimate of drug-likeness (QED) is 0.496. The minimum absolute atomic E-state index is 0.0724. The topological polar surface area (TPSA) is 27.7 Å². The molecular formula is C27H38O3. The Balaban J connectivity index is 1.41. The fourth-order valence-corrected chi connectivity index (χ4v) is 10.2. The first-order chi connectivity index (χ1) is 14.3. The lowest BCUT2D eigenvalue weighted by Gasteiger charge is -2.63. The predicted octanol–water partition coefficient (Wildman–Crippen LogP) is 6.51. The highest BCUT2D eigenvalue weighted by atomic mass is 16.9. The largest absolute Gasteiger partial charge is 0.501 e. The third-order valence-electron chi connectivity index (χ3n) is 11.2. The molecule has 0 N–H and O–H groups in total. The van der Waals surface area contributed by atoms with Crippen LogP contribution in [0.3, 0.4) is 0 Å². The first-order valence-electron chi connectivity index (χ1n) is 12.3. The van der Waals surface area contributed by atoms with Crippen LogP contribution in [0.1, 0.15) is 78.6 Å². The third-order valence-corrected chi connectivity index (χ3v) is 11.2. The Kier molecular flexibility index (Phi) is 3.95. The Morgan fingerprint density at radius 3 is 2.67 bits per heavy atom. The van der Waals surface area contributed by atoms with Gasteiger partial charge in [0.2, 0.25) is 0 Å². The fraction of sp³-hybridized carbons (Fsp3) is 0.778. The van der Waals surface area contributed by atoms with Crippen LogP contribution in [-0.4, -0.2) is 19.2 Å². The van der Waals surface area contributed by atoms with Gasteiger partial charge in [0.05, 0.1) is 12.9 Å². The molecule has 3 heteroatoms. The second kappa shape index (κ2) is 6.04. The van der Waals surface area contributed by atoms with Gasteiger partial charge in [-0.3, -0.25) is 0 Å². The molecule has 5 aliphatic carbocycles. The van der Waals surface area contributed by atoms with E-state index in [4.69, 9.17) is 14.2 Å². The minimum Gasteiger partial charge on any atom is -0.501 e. The van der Waals surface area contributed by atoms with Gasteiger partial charge in [-0.25, -0.2) is 0 Å². The molecule has 0 aromatic carbocycles. The Morgan fingerprint density at radius 1 is 1.17 bits per heavy atom. The molecule has 1 saturated heterocycles. The molecule has 0 amide bonds. The first kappa shape index (κ1) is 19.6. The van der Waals surface area contributed by atoms with Gasteiger partial charge in [-0.05, 0) is 99.9 Å². The van der Waals surface area contributed by atoms with Crippen molar-refractivity contribution in [3.8, 4) is 0 Å². The fourth-order valence-electron chi connectivity index (χ4n) is 10.2. The molecule has 1 heterocycles. The zero-order valence-corrected chi connectivity index (χ0v) is 19.3. The highest BCUT2D eigenvalue weighted by Gasteiger charge is 2.82. The van der Waals surface area contributed by atoms with Crippen molar-refractivity contribution in [2.75, 3.05) is 7.11 Å². The molecular weight excluding hydrogens is 372 g/mol. The summed E-state index contributed by atoms with van der Waals surface area (Å²) in [5, 5.41) is 0. The maximum absolute atomic E-state index is 6.42. The van der Waals surface area contributed by atoms with E-state index < -0.39 is 5.79 Å². The average molecular weight is 411 g/mol. The lowest BCUT2D eigenvalue weighted by atomic mass is 9.46. The molecule has 0 aromatic rings. The molecule has 0 radical (unpaired) electrons. The van der Waals surface area contributed by atoms with Crippen LogP contribution in [0.15, 0.2) is 35.6 Å². The zero-order valence-electron chi connectivity index (χ0n) is 19.3. The molecule has 1 aliphatic heterocycles. The van der Waals surface area contributed by atoms with Crippen LogP contribution in [0, 0.1) is 34.0 Å². The standard InChI is InChI=1S/C27H38O3/c1-6-19-16-26-13-14-27(19,25(4)29-17(2)30-25)24(26,3)12-11-22-21-9-8-20(28-5)15-18(21)7-10-23(22)26/h6,8,17,19,22-23H,1,7,9-16H2,2-5H3/t17?,19-,22-,23-,24+,25?,26?,27+/m1/s1. The predicted molar refractivity (Wildman–Crippen MR) is 117 cm³/mol. The maximum Gasteiger partial charge on any atom is 0.178 e. The summed E-state index contributed by atoms with van der Waals surface area (Å²) in [4.78, 5) is 0. The molecule has 0 spiro atoms. The summed E-state index contributed by atoms with van der Waals surface area (Å²) in [5.74, 6) is 2.80. The van der Waals surface area contributed by atoms with Gasteiger partial charge in [0.25, 0.3) is 0 Å². The Morgan fingerprint density at radius 2 is 1.97 bits per heavy atom. The number of ether oxygens (including phenoxy) is 3. The van der Waals surface area contributed by atoms with Crippen LogP contribution in [0.25, 0.3) is 0 Å². The summed E-state index contributed by atoms with van der Waals surface area (Å²) in [5.41, 5.74) is 4.23. The molecule has 0 aromatic heterocycles. The molecule has 1 unspecified atom stereocenters. The number of hydrogen-bond donors (Lipinski definition) is 0. The van der Waals surface area contributed by atoms with Gasteiger partial charge in [0.15, 0.2) is 12.1 Å². The molecule has 6 atom stereocenters. The van der Waals surface area contributed by atoms with E-state index in [1.54, 1.807) is 11.1 Å². The van der Waals surface area contributed by atoms with Crippen molar-refractivity contribution in [3.05, 3.63) is 35.6 Å². The molecule has 164 valence electrons. The van der Waals surface area contributed by atoms with Crippen LogP contribution in [-0.2, 0) is 14.2 Å². The van der Waals surface area contributed by atoms with Gasteiger partial charge in [0, 0.05) is 11.8 Å². The van der Waals surface area contributed by atoms with E-state index in [-0.39, 0.29) is 17.1 Å². The van der Waals surface area contributed by atoms with Gasteiger partial charge in [-0.2, -0.15) is 0 Å². The number of hydrogen-bond acceptors (Lipinski definition) is 3. The van der Waals surface area contributed by atoms with Gasteiger partial charge < -0.3 is 14.2 Å². The summed E-state index contributed by atoms with van der Waals surface area (Å²) < 4.78 is 18.4. The normalized spacial score (nSPS) is 53.9. The van der Waals surface area contributed by atoms with Crippen molar-refractivity contribution in [1.29, 1.82) is 0 Å². The van der Waals surface area contributed by atoms with E-state index in [2.05, 4.69) is 32.6 Å². The van der Waals surface area contributed by atoms with Crippen LogP contribution in [0.2, 0.25) is 0 Å². The molecule has 6 rings (SSSR count).